The Hall–Kier alpha value is -1.39. The summed E-state index contributed by atoms with van der Waals surface area (Å²) in [5.41, 5.74) is 2.11. The lowest BCUT2D eigenvalue weighted by atomic mass is 9.81. The molecule has 0 radical (unpaired) electrons. The van der Waals surface area contributed by atoms with E-state index in [-0.39, 0.29) is 11.3 Å². The molecular weight excluding hydrogens is 326 g/mol. The van der Waals surface area contributed by atoms with Crippen LogP contribution in [0.2, 0.25) is 0 Å². The fourth-order valence-corrected chi connectivity index (χ4v) is 5.13. The van der Waals surface area contributed by atoms with Crippen molar-refractivity contribution < 1.29 is 14.3 Å². The van der Waals surface area contributed by atoms with Crippen LogP contribution in [0.15, 0.2) is 24.3 Å². The van der Waals surface area contributed by atoms with E-state index in [1.165, 1.54) is 19.3 Å². The van der Waals surface area contributed by atoms with Gasteiger partial charge in [0.25, 0.3) is 5.91 Å². The average molecular weight is 357 g/mol. The number of fused-ring (bicyclic) bond motifs is 1. The molecule has 4 heteroatoms. The molecule has 142 valence electrons. The SMILES string of the molecule is Cc1ccccc1C(=O)N1C[C@@H]2CCC[C@]2(COCC2CCOCC2)C1. The smallest absolute Gasteiger partial charge is 0.254 e. The first-order valence-corrected chi connectivity index (χ1v) is 10.2. The standard InChI is InChI=1S/C22H31NO3/c1-17-5-2-3-7-20(17)21(24)23-13-19-6-4-10-22(19,15-23)16-26-14-18-8-11-25-12-9-18/h2-3,5,7,18-19H,4,6,8-16H2,1H3/t19-,22+/m0/s1. The highest BCUT2D eigenvalue weighted by molar-refractivity contribution is 5.95. The number of aryl methyl sites for hydroxylation is 1. The first kappa shape index (κ1) is 18.0. The highest BCUT2D eigenvalue weighted by atomic mass is 16.5. The molecule has 26 heavy (non-hydrogen) atoms. The van der Waals surface area contributed by atoms with E-state index in [0.717, 1.165) is 63.5 Å². The van der Waals surface area contributed by atoms with Crippen LogP contribution in [0.3, 0.4) is 0 Å². The fourth-order valence-electron chi connectivity index (χ4n) is 5.13. The van der Waals surface area contributed by atoms with Crippen LogP contribution in [0.4, 0.5) is 0 Å². The Labute approximate surface area is 156 Å². The Morgan fingerprint density at radius 3 is 2.88 bits per heavy atom. The molecule has 3 fully saturated rings. The molecule has 0 bridgehead atoms. The maximum absolute atomic E-state index is 13.0. The van der Waals surface area contributed by atoms with Gasteiger partial charge in [-0.15, -0.1) is 0 Å². The Kier molecular flexibility index (Phi) is 5.32. The molecule has 4 rings (SSSR count). The van der Waals surface area contributed by atoms with Crippen molar-refractivity contribution in [3.05, 3.63) is 35.4 Å². The van der Waals surface area contributed by atoms with Crippen LogP contribution in [0, 0.1) is 24.2 Å². The van der Waals surface area contributed by atoms with Crippen LogP contribution in [-0.4, -0.2) is 50.3 Å². The first-order valence-electron chi connectivity index (χ1n) is 10.2. The number of rotatable bonds is 5. The van der Waals surface area contributed by atoms with Crippen molar-refractivity contribution in [1.29, 1.82) is 0 Å². The Morgan fingerprint density at radius 2 is 2.08 bits per heavy atom. The molecule has 1 saturated carbocycles. The summed E-state index contributed by atoms with van der Waals surface area (Å²) in [5.74, 6) is 1.44. The minimum Gasteiger partial charge on any atom is -0.381 e. The van der Waals surface area contributed by atoms with Crippen LogP contribution < -0.4 is 0 Å². The van der Waals surface area contributed by atoms with Gasteiger partial charge in [0, 0.05) is 43.9 Å². The quantitative estimate of drug-likeness (QED) is 0.807. The van der Waals surface area contributed by atoms with Crippen LogP contribution in [0.5, 0.6) is 0 Å². The Bertz CT molecular complexity index is 640. The van der Waals surface area contributed by atoms with Crippen molar-refractivity contribution in [3.63, 3.8) is 0 Å². The minimum atomic E-state index is 0.184. The van der Waals surface area contributed by atoms with E-state index < -0.39 is 0 Å². The zero-order valence-electron chi connectivity index (χ0n) is 15.9. The molecule has 0 N–H and O–H groups in total. The van der Waals surface area contributed by atoms with Gasteiger partial charge in [0.05, 0.1) is 6.61 Å². The molecule has 0 spiro atoms. The van der Waals surface area contributed by atoms with Crippen LogP contribution in [0.1, 0.15) is 48.0 Å². The lowest BCUT2D eigenvalue weighted by Gasteiger charge is -2.30. The van der Waals surface area contributed by atoms with E-state index >= 15 is 0 Å². The van der Waals surface area contributed by atoms with Crippen molar-refractivity contribution in [2.45, 2.75) is 39.0 Å². The number of amides is 1. The summed E-state index contributed by atoms with van der Waals surface area (Å²) in [5, 5.41) is 0. The third-order valence-corrected chi connectivity index (χ3v) is 6.79. The van der Waals surface area contributed by atoms with E-state index in [9.17, 15) is 4.79 Å². The number of benzene rings is 1. The number of ether oxygens (including phenoxy) is 2. The van der Waals surface area contributed by atoms with Crippen LogP contribution in [0.25, 0.3) is 0 Å². The molecule has 1 amide bonds. The Balaban J connectivity index is 1.38. The molecule has 1 aromatic carbocycles. The van der Waals surface area contributed by atoms with Gasteiger partial charge in [-0.1, -0.05) is 24.6 Å². The van der Waals surface area contributed by atoms with E-state index in [0.29, 0.717) is 11.8 Å². The fraction of sp³-hybridized carbons (Fsp3) is 0.682. The van der Waals surface area contributed by atoms with Crippen LogP contribution >= 0.6 is 0 Å². The van der Waals surface area contributed by atoms with E-state index in [2.05, 4.69) is 4.90 Å². The normalized spacial score (nSPS) is 29.1. The summed E-state index contributed by atoms with van der Waals surface area (Å²) in [4.78, 5) is 15.1. The predicted molar refractivity (Wildman–Crippen MR) is 101 cm³/mol. The zero-order chi connectivity index (χ0) is 18.0. The van der Waals surface area contributed by atoms with Gasteiger partial charge in [-0.05, 0) is 56.1 Å². The van der Waals surface area contributed by atoms with Gasteiger partial charge < -0.3 is 14.4 Å². The van der Waals surface area contributed by atoms with E-state index in [4.69, 9.17) is 9.47 Å². The Morgan fingerprint density at radius 1 is 1.27 bits per heavy atom. The number of hydrogen-bond acceptors (Lipinski definition) is 3. The lowest BCUT2D eigenvalue weighted by molar-refractivity contribution is -0.0123. The minimum absolute atomic E-state index is 0.184. The number of nitrogens with zero attached hydrogens (tertiary/aromatic N) is 1. The topological polar surface area (TPSA) is 38.8 Å². The van der Waals surface area contributed by atoms with Crippen molar-refractivity contribution in [2.75, 3.05) is 39.5 Å². The number of carbonyl (C=O) groups excluding carboxylic acids is 1. The summed E-state index contributed by atoms with van der Waals surface area (Å²) in [6.07, 6.45) is 5.95. The highest BCUT2D eigenvalue weighted by Gasteiger charge is 2.50. The van der Waals surface area contributed by atoms with Crippen molar-refractivity contribution in [2.24, 2.45) is 17.3 Å². The van der Waals surface area contributed by atoms with Gasteiger partial charge in [0.15, 0.2) is 0 Å². The van der Waals surface area contributed by atoms with Gasteiger partial charge in [-0.2, -0.15) is 0 Å². The van der Waals surface area contributed by atoms with Crippen molar-refractivity contribution in [3.8, 4) is 0 Å². The van der Waals surface area contributed by atoms with Crippen molar-refractivity contribution >= 4 is 5.91 Å². The third kappa shape index (κ3) is 3.54. The summed E-state index contributed by atoms with van der Waals surface area (Å²) < 4.78 is 11.7. The number of likely N-dealkylation sites (tertiary alicyclic amines) is 1. The molecule has 3 aliphatic rings. The second kappa shape index (κ2) is 7.69. The van der Waals surface area contributed by atoms with Gasteiger partial charge in [0.2, 0.25) is 0 Å². The molecule has 1 aliphatic carbocycles. The number of hydrogen-bond donors (Lipinski definition) is 0. The molecular formula is C22H31NO3. The highest BCUT2D eigenvalue weighted by Crippen LogP contribution is 2.49. The molecule has 2 heterocycles. The van der Waals surface area contributed by atoms with Gasteiger partial charge in [-0.3, -0.25) is 4.79 Å². The third-order valence-electron chi connectivity index (χ3n) is 6.79. The van der Waals surface area contributed by atoms with Crippen LogP contribution in [-0.2, 0) is 9.47 Å². The lowest BCUT2D eigenvalue weighted by Crippen LogP contribution is -2.35. The summed E-state index contributed by atoms with van der Waals surface area (Å²) in [6.45, 7) is 7.19. The molecule has 2 aliphatic heterocycles. The van der Waals surface area contributed by atoms with E-state index in [1.807, 2.05) is 31.2 Å². The average Bonchev–Trinajstić information content (AvgIpc) is 3.20. The predicted octanol–water partition coefficient (Wildman–Crippen LogP) is 3.68. The second-order valence-electron chi connectivity index (χ2n) is 8.52. The van der Waals surface area contributed by atoms with Gasteiger partial charge in [0.1, 0.15) is 0 Å². The number of carbonyl (C=O) groups is 1. The second-order valence-corrected chi connectivity index (χ2v) is 8.52. The first-order chi connectivity index (χ1) is 12.7. The molecule has 0 unspecified atom stereocenters. The maximum atomic E-state index is 13.0. The summed E-state index contributed by atoms with van der Waals surface area (Å²) >= 11 is 0. The maximum Gasteiger partial charge on any atom is 0.254 e. The molecule has 1 aromatic rings. The van der Waals surface area contributed by atoms with Crippen molar-refractivity contribution in [1.82, 2.24) is 4.90 Å². The van der Waals surface area contributed by atoms with Gasteiger partial charge >= 0.3 is 0 Å². The van der Waals surface area contributed by atoms with Gasteiger partial charge in [-0.25, -0.2) is 0 Å². The zero-order valence-corrected chi connectivity index (χ0v) is 15.9. The van der Waals surface area contributed by atoms with E-state index in [1.54, 1.807) is 0 Å². The molecule has 4 nitrogen and oxygen atoms in total. The summed E-state index contributed by atoms with van der Waals surface area (Å²) in [6, 6.07) is 7.94. The largest absolute Gasteiger partial charge is 0.381 e. The molecule has 2 atom stereocenters. The molecule has 0 aromatic heterocycles. The monoisotopic (exact) mass is 357 g/mol. The molecule has 2 saturated heterocycles. The summed E-state index contributed by atoms with van der Waals surface area (Å²) in [7, 11) is 0.